The standard InChI is InChI=1S/C3H4O3/c4-1-2-6-3-5/h2,5H,3H2. The van der Waals surface area contributed by atoms with E-state index >= 15 is 0 Å². The van der Waals surface area contributed by atoms with Gasteiger partial charge in [0.05, 0.1) is 0 Å². The number of rotatable bonds is 2. The summed E-state index contributed by atoms with van der Waals surface area (Å²) in [6.45, 7) is -0.463. The van der Waals surface area contributed by atoms with Crippen LogP contribution >= 0.6 is 0 Å². The Balaban J connectivity index is 2.86. The summed E-state index contributed by atoms with van der Waals surface area (Å²) in [5, 5.41) is 7.76. The summed E-state index contributed by atoms with van der Waals surface area (Å²) in [6.07, 6.45) is 0.750. The van der Waals surface area contributed by atoms with E-state index in [1.807, 2.05) is 0 Å². The third-order valence-corrected chi connectivity index (χ3v) is 0.206. The minimum absolute atomic E-state index is 0.463. The second-order valence-corrected chi connectivity index (χ2v) is 0.531. The van der Waals surface area contributed by atoms with E-state index in [0.717, 1.165) is 6.26 Å². The van der Waals surface area contributed by atoms with E-state index in [0.29, 0.717) is 0 Å². The molecule has 0 fully saturated rings. The molecule has 0 aliphatic rings. The van der Waals surface area contributed by atoms with Gasteiger partial charge in [0.25, 0.3) is 0 Å². The minimum atomic E-state index is -0.463. The van der Waals surface area contributed by atoms with Gasteiger partial charge in [0, 0.05) is 0 Å². The minimum Gasteiger partial charge on any atom is -0.464 e. The summed E-state index contributed by atoms with van der Waals surface area (Å²) in [7, 11) is 0. The van der Waals surface area contributed by atoms with Crippen molar-refractivity contribution in [1.82, 2.24) is 0 Å². The average molecular weight is 88.1 g/mol. The summed E-state index contributed by atoms with van der Waals surface area (Å²) < 4.78 is 3.99. The molecular formula is C3H4O3. The van der Waals surface area contributed by atoms with Gasteiger partial charge >= 0.3 is 0 Å². The number of hydrogen-bond donors (Lipinski definition) is 1. The maximum absolute atomic E-state index is 9.15. The van der Waals surface area contributed by atoms with Gasteiger partial charge in [0.2, 0.25) is 0 Å². The van der Waals surface area contributed by atoms with Crippen molar-refractivity contribution in [3.63, 3.8) is 0 Å². The molecule has 0 saturated carbocycles. The molecule has 6 heavy (non-hydrogen) atoms. The van der Waals surface area contributed by atoms with E-state index < -0.39 is 6.79 Å². The van der Waals surface area contributed by atoms with Crippen LogP contribution < -0.4 is 0 Å². The van der Waals surface area contributed by atoms with E-state index in [2.05, 4.69) is 4.74 Å². The van der Waals surface area contributed by atoms with Crippen LogP contribution in [0.15, 0.2) is 6.26 Å². The number of aliphatic hydroxyl groups is 1. The summed E-state index contributed by atoms with van der Waals surface area (Å²) in [5.41, 5.74) is 0. The van der Waals surface area contributed by atoms with E-state index in [-0.39, 0.29) is 0 Å². The van der Waals surface area contributed by atoms with Crippen LogP contribution in [0.2, 0.25) is 0 Å². The Bertz CT molecular complexity index is 62.4. The van der Waals surface area contributed by atoms with E-state index in [1.165, 1.54) is 5.94 Å². The fourth-order valence-corrected chi connectivity index (χ4v) is 0.0713. The lowest BCUT2D eigenvalue weighted by Gasteiger charge is -1.82. The lowest BCUT2D eigenvalue weighted by Crippen LogP contribution is -1.79. The Morgan fingerprint density at radius 2 is 2.67 bits per heavy atom. The zero-order valence-corrected chi connectivity index (χ0v) is 3.05. The highest BCUT2D eigenvalue weighted by atomic mass is 16.6. The van der Waals surface area contributed by atoms with Crippen LogP contribution in [-0.2, 0) is 9.53 Å². The molecule has 0 unspecified atom stereocenters. The van der Waals surface area contributed by atoms with E-state index in [9.17, 15) is 0 Å². The number of ether oxygens (including phenoxy) is 1. The second kappa shape index (κ2) is 4.21. The largest absolute Gasteiger partial charge is 0.464 e. The molecule has 0 aromatic carbocycles. The lowest BCUT2D eigenvalue weighted by molar-refractivity contribution is 0.0616. The molecule has 0 saturated heterocycles. The molecule has 3 nitrogen and oxygen atoms in total. The monoisotopic (exact) mass is 88.0 g/mol. The molecule has 3 heteroatoms. The number of hydrogen-bond acceptors (Lipinski definition) is 3. The summed E-state index contributed by atoms with van der Waals surface area (Å²) >= 11 is 0. The van der Waals surface area contributed by atoms with Gasteiger partial charge in [0.15, 0.2) is 19.0 Å². The molecular weight excluding hydrogens is 84.0 g/mol. The Kier molecular flexibility index (Phi) is 3.66. The topological polar surface area (TPSA) is 46.5 Å². The molecule has 0 amide bonds. The van der Waals surface area contributed by atoms with Crippen LogP contribution in [-0.4, -0.2) is 17.8 Å². The zero-order chi connectivity index (χ0) is 4.83. The molecule has 0 aliphatic heterocycles. The van der Waals surface area contributed by atoms with Crippen molar-refractivity contribution in [2.75, 3.05) is 6.79 Å². The van der Waals surface area contributed by atoms with Crippen molar-refractivity contribution >= 4 is 5.94 Å². The lowest BCUT2D eigenvalue weighted by atomic mass is 11.1. The van der Waals surface area contributed by atoms with Crippen molar-refractivity contribution in [1.29, 1.82) is 0 Å². The van der Waals surface area contributed by atoms with Crippen molar-refractivity contribution in [3.05, 3.63) is 6.26 Å². The first-order chi connectivity index (χ1) is 2.91. The normalized spacial score (nSPS) is 6.17. The Labute approximate surface area is 34.8 Å². The molecule has 0 rings (SSSR count). The highest BCUT2D eigenvalue weighted by molar-refractivity contribution is 5.42. The van der Waals surface area contributed by atoms with Crippen molar-refractivity contribution in [2.45, 2.75) is 0 Å². The predicted molar refractivity (Wildman–Crippen MR) is 18.4 cm³/mol. The van der Waals surface area contributed by atoms with Gasteiger partial charge in [0.1, 0.15) is 0 Å². The Morgan fingerprint density at radius 3 is 2.83 bits per heavy atom. The molecule has 0 spiro atoms. The highest BCUT2D eigenvalue weighted by Gasteiger charge is 1.61. The van der Waals surface area contributed by atoms with Gasteiger partial charge in [-0.2, -0.15) is 0 Å². The quantitative estimate of drug-likeness (QED) is 0.276. The third-order valence-electron chi connectivity index (χ3n) is 0.206. The van der Waals surface area contributed by atoms with Crippen LogP contribution in [0.5, 0.6) is 0 Å². The first-order valence-electron chi connectivity index (χ1n) is 1.33. The Morgan fingerprint density at radius 1 is 2.00 bits per heavy atom. The maximum atomic E-state index is 9.15. The number of aliphatic hydroxyl groups excluding tert-OH is 1. The van der Waals surface area contributed by atoms with Gasteiger partial charge in [-0.05, 0) is 0 Å². The van der Waals surface area contributed by atoms with Crippen LogP contribution in [0.1, 0.15) is 0 Å². The Hall–Kier alpha value is -0.790. The van der Waals surface area contributed by atoms with Gasteiger partial charge in [-0.1, -0.05) is 0 Å². The first-order valence-corrected chi connectivity index (χ1v) is 1.33. The van der Waals surface area contributed by atoms with Gasteiger partial charge < -0.3 is 9.84 Å². The van der Waals surface area contributed by atoms with Crippen molar-refractivity contribution in [3.8, 4) is 0 Å². The molecule has 0 aliphatic carbocycles. The molecule has 0 heterocycles. The first kappa shape index (κ1) is 5.21. The van der Waals surface area contributed by atoms with Gasteiger partial charge in [-0.25, -0.2) is 4.79 Å². The van der Waals surface area contributed by atoms with Crippen LogP contribution in [0.25, 0.3) is 0 Å². The van der Waals surface area contributed by atoms with Crippen molar-refractivity contribution in [2.24, 2.45) is 0 Å². The van der Waals surface area contributed by atoms with Crippen molar-refractivity contribution < 1.29 is 14.6 Å². The predicted octanol–water partition coefficient (Wildman–Crippen LogP) is -0.702. The average Bonchev–Trinajstić information content (AvgIpc) is 1.61. The molecule has 0 aromatic rings. The highest BCUT2D eigenvalue weighted by Crippen LogP contribution is 1.60. The fourth-order valence-electron chi connectivity index (χ4n) is 0.0713. The van der Waals surface area contributed by atoms with Gasteiger partial charge in [-0.15, -0.1) is 0 Å². The maximum Gasteiger partial charge on any atom is 0.186 e. The summed E-state index contributed by atoms with van der Waals surface area (Å²) in [5.74, 6) is 1.31. The molecule has 1 N–H and O–H groups in total. The fraction of sp³-hybridized carbons (Fsp3) is 0.333. The molecule has 0 atom stereocenters. The van der Waals surface area contributed by atoms with Crippen LogP contribution in [0.3, 0.4) is 0 Å². The molecule has 0 bridgehead atoms. The van der Waals surface area contributed by atoms with Gasteiger partial charge in [-0.3, -0.25) is 0 Å². The molecule has 0 radical (unpaired) electrons. The van der Waals surface area contributed by atoms with Crippen LogP contribution in [0, 0.1) is 0 Å². The van der Waals surface area contributed by atoms with E-state index in [4.69, 9.17) is 9.90 Å². The van der Waals surface area contributed by atoms with Crippen LogP contribution in [0.4, 0.5) is 0 Å². The SMILES string of the molecule is O=C=COCO. The second-order valence-electron chi connectivity index (χ2n) is 0.531. The number of carbonyl (C=O) groups excluding carboxylic acids is 1. The smallest absolute Gasteiger partial charge is 0.186 e. The van der Waals surface area contributed by atoms with E-state index in [1.54, 1.807) is 0 Å². The molecule has 0 aromatic heterocycles. The molecule has 34 valence electrons. The third kappa shape index (κ3) is 3.21. The summed E-state index contributed by atoms with van der Waals surface area (Å²) in [4.78, 5) is 9.15. The zero-order valence-electron chi connectivity index (χ0n) is 3.05. The summed E-state index contributed by atoms with van der Waals surface area (Å²) in [6, 6.07) is 0.